The summed E-state index contributed by atoms with van der Waals surface area (Å²) >= 11 is 0. The molecule has 5 heteroatoms. The molecule has 1 atom stereocenters. The molecule has 1 aromatic rings. The highest BCUT2D eigenvalue weighted by Gasteiger charge is 2.19. The summed E-state index contributed by atoms with van der Waals surface area (Å²) in [4.78, 5) is 0.321. The number of aryl methyl sites for hydroxylation is 1. The Labute approximate surface area is 102 Å². The number of sulfonamides is 1. The van der Waals surface area contributed by atoms with Crippen LogP contribution in [0.1, 0.15) is 12.0 Å². The van der Waals surface area contributed by atoms with Gasteiger partial charge in [-0.25, -0.2) is 13.1 Å². The smallest absolute Gasteiger partial charge is 0.240 e. The lowest BCUT2D eigenvalue weighted by Gasteiger charge is -2.10. The van der Waals surface area contributed by atoms with E-state index in [9.17, 15) is 8.42 Å². The van der Waals surface area contributed by atoms with Gasteiger partial charge in [-0.3, -0.25) is 0 Å². The van der Waals surface area contributed by atoms with Crippen molar-refractivity contribution in [1.29, 1.82) is 0 Å². The van der Waals surface area contributed by atoms with E-state index in [1.807, 2.05) is 6.92 Å². The van der Waals surface area contributed by atoms with Crippen molar-refractivity contribution in [3.8, 4) is 0 Å². The second-order valence-electron chi connectivity index (χ2n) is 4.39. The van der Waals surface area contributed by atoms with E-state index in [1.165, 1.54) is 0 Å². The molecule has 1 fully saturated rings. The minimum Gasteiger partial charge on any atom is -0.381 e. The third-order valence-electron chi connectivity index (χ3n) is 2.92. The van der Waals surface area contributed by atoms with E-state index in [0.717, 1.165) is 18.6 Å². The van der Waals surface area contributed by atoms with Crippen LogP contribution < -0.4 is 4.72 Å². The van der Waals surface area contributed by atoms with Gasteiger partial charge in [0.2, 0.25) is 10.0 Å². The van der Waals surface area contributed by atoms with Gasteiger partial charge in [-0.1, -0.05) is 17.7 Å². The maximum Gasteiger partial charge on any atom is 0.240 e. The molecule has 1 aromatic carbocycles. The van der Waals surface area contributed by atoms with Gasteiger partial charge >= 0.3 is 0 Å². The van der Waals surface area contributed by atoms with Crippen LogP contribution in [0.25, 0.3) is 0 Å². The van der Waals surface area contributed by atoms with Crippen LogP contribution >= 0.6 is 0 Å². The lowest BCUT2D eigenvalue weighted by molar-refractivity contribution is 0.186. The van der Waals surface area contributed by atoms with Gasteiger partial charge in [-0.05, 0) is 31.4 Å². The average Bonchev–Trinajstić information content (AvgIpc) is 2.80. The van der Waals surface area contributed by atoms with Crippen molar-refractivity contribution in [3.05, 3.63) is 29.8 Å². The fourth-order valence-corrected chi connectivity index (χ4v) is 2.89. The fraction of sp³-hybridized carbons (Fsp3) is 0.500. The van der Waals surface area contributed by atoms with Gasteiger partial charge in [0.25, 0.3) is 0 Å². The summed E-state index contributed by atoms with van der Waals surface area (Å²) in [5.74, 6) is 0.301. The Morgan fingerprint density at radius 3 is 2.65 bits per heavy atom. The van der Waals surface area contributed by atoms with Crippen molar-refractivity contribution in [2.45, 2.75) is 18.2 Å². The topological polar surface area (TPSA) is 55.4 Å². The number of nitrogens with one attached hydrogen (secondary N) is 1. The van der Waals surface area contributed by atoms with Crippen molar-refractivity contribution < 1.29 is 13.2 Å². The van der Waals surface area contributed by atoms with Gasteiger partial charge in [-0.2, -0.15) is 0 Å². The van der Waals surface area contributed by atoms with Crippen LogP contribution in [0.4, 0.5) is 0 Å². The molecule has 1 aliphatic rings. The molecule has 1 aliphatic heterocycles. The van der Waals surface area contributed by atoms with Crippen molar-refractivity contribution in [1.82, 2.24) is 4.72 Å². The van der Waals surface area contributed by atoms with E-state index in [1.54, 1.807) is 24.3 Å². The predicted molar refractivity (Wildman–Crippen MR) is 65.3 cm³/mol. The monoisotopic (exact) mass is 255 g/mol. The number of rotatable bonds is 4. The molecular weight excluding hydrogens is 238 g/mol. The molecule has 0 saturated carbocycles. The van der Waals surface area contributed by atoms with Crippen molar-refractivity contribution >= 4 is 10.0 Å². The van der Waals surface area contributed by atoms with Crippen LogP contribution in [0, 0.1) is 12.8 Å². The molecular formula is C12H17NO3S. The molecule has 1 saturated heterocycles. The molecule has 0 aliphatic carbocycles. The molecule has 0 aromatic heterocycles. The van der Waals surface area contributed by atoms with Gasteiger partial charge in [0.05, 0.1) is 11.5 Å². The quantitative estimate of drug-likeness (QED) is 0.882. The minimum absolute atomic E-state index is 0.301. The van der Waals surface area contributed by atoms with E-state index in [2.05, 4.69) is 4.72 Å². The molecule has 1 heterocycles. The summed E-state index contributed by atoms with van der Waals surface area (Å²) in [6.07, 6.45) is 0.927. The summed E-state index contributed by atoms with van der Waals surface area (Å²) in [5.41, 5.74) is 1.05. The first-order chi connectivity index (χ1) is 8.08. The van der Waals surface area contributed by atoms with E-state index in [0.29, 0.717) is 24.0 Å². The second-order valence-corrected chi connectivity index (χ2v) is 6.16. The Bertz CT molecular complexity index is 461. The molecule has 0 amide bonds. The van der Waals surface area contributed by atoms with Gasteiger partial charge < -0.3 is 4.74 Å². The molecule has 1 unspecified atom stereocenters. The maximum atomic E-state index is 11.9. The highest BCUT2D eigenvalue weighted by Crippen LogP contribution is 2.14. The Balaban J connectivity index is 2.00. The zero-order valence-electron chi connectivity index (χ0n) is 9.85. The van der Waals surface area contributed by atoms with E-state index in [-0.39, 0.29) is 0 Å². The van der Waals surface area contributed by atoms with Gasteiger partial charge in [0.1, 0.15) is 0 Å². The molecule has 17 heavy (non-hydrogen) atoms. The Morgan fingerprint density at radius 2 is 2.06 bits per heavy atom. The zero-order chi connectivity index (χ0) is 12.3. The summed E-state index contributed by atoms with van der Waals surface area (Å²) in [5, 5.41) is 0. The lowest BCUT2D eigenvalue weighted by atomic mass is 10.1. The third-order valence-corrected chi connectivity index (χ3v) is 4.36. The maximum absolute atomic E-state index is 11.9. The Hall–Kier alpha value is -0.910. The summed E-state index contributed by atoms with van der Waals surface area (Å²) < 4.78 is 31.7. The highest BCUT2D eigenvalue weighted by molar-refractivity contribution is 7.89. The molecule has 2 rings (SSSR count). The molecule has 4 nitrogen and oxygen atoms in total. The van der Waals surface area contributed by atoms with Crippen molar-refractivity contribution in [2.24, 2.45) is 5.92 Å². The average molecular weight is 255 g/mol. The number of hydrogen-bond donors (Lipinski definition) is 1. The summed E-state index contributed by atoms with van der Waals surface area (Å²) in [7, 11) is -3.37. The first kappa shape index (κ1) is 12.5. The first-order valence-electron chi connectivity index (χ1n) is 5.72. The summed E-state index contributed by atoms with van der Waals surface area (Å²) in [6, 6.07) is 6.85. The number of benzene rings is 1. The normalized spacial score (nSPS) is 20.6. The van der Waals surface area contributed by atoms with Crippen LogP contribution in [0.3, 0.4) is 0 Å². The number of ether oxygens (including phenoxy) is 1. The molecule has 94 valence electrons. The van der Waals surface area contributed by atoms with Gasteiger partial charge in [0, 0.05) is 13.2 Å². The second kappa shape index (κ2) is 5.16. The van der Waals surface area contributed by atoms with Crippen LogP contribution in [-0.2, 0) is 14.8 Å². The van der Waals surface area contributed by atoms with E-state index >= 15 is 0 Å². The standard InChI is InChI=1S/C12H17NO3S/c1-10-2-4-12(5-3-10)17(14,15)13-8-11-6-7-16-9-11/h2-5,11,13H,6-9H2,1H3. The van der Waals surface area contributed by atoms with Crippen LogP contribution in [-0.4, -0.2) is 28.2 Å². The molecule has 0 radical (unpaired) electrons. The van der Waals surface area contributed by atoms with Crippen LogP contribution in [0.5, 0.6) is 0 Å². The predicted octanol–water partition coefficient (Wildman–Crippen LogP) is 1.31. The minimum atomic E-state index is -3.37. The zero-order valence-corrected chi connectivity index (χ0v) is 10.7. The molecule has 0 spiro atoms. The lowest BCUT2D eigenvalue weighted by Crippen LogP contribution is -2.29. The first-order valence-corrected chi connectivity index (χ1v) is 7.20. The van der Waals surface area contributed by atoms with E-state index < -0.39 is 10.0 Å². The summed E-state index contributed by atoms with van der Waals surface area (Å²) in [6.45, 7) is 3.77. The van der Waals surface area contributed by atoms with Crippen molar-refractivity contribution in [3.63, 3.8) is 0 Å². The number of hydrogen-bond acceptors (Lipinski definition) is 3. The molecule has 1 N–H and O–H groups in total. The van der Waals surface area contributed by atoms with Crippen molar-refractivity contribution in [2.75, 3.05) is 19.8 Å². The van der Waals surface area contributed by atoms with Crippen LogP contribution in [0.15, 0.2) is 29.2 Å². The fourth-order valence-electron chi connectivity index (χ4n) is 1.77. The largest absolute Gasteiger partial charge is 0.381 e. The van der Waals surface area contributed by atoms with Gasteiger partial charge in [0.15, 0.2) is 0 Å². The SMILES string of the molecule is Cc1ccc(S(=O)(=O)NCC2CCOC2)cc1. The Morgan fingerprint density at radius 1 is 1.35 bits per heavy atom. The van der Waals surface area contributed by atoms with E-state index in [4.69, 9.17) is 4.74 Å². The van der Waals surface area contributed by atoms with Gasteiger partial charge in [-0.15, -0.1) is 0 Å². The third kappa shape index (κ3) is 3.28. The highest BCUT2D eigenvalue weighted by atomic mass is 32.2. The Kier molecular flexibility index (Phi) is 3.81. The van der Waals surface area contributed by atoms with Crippen LogP contribution in [0.2, 0.25) is 0 Å². The molecule has 0 bridgehead atoms.